The van der Waals surface area contributed by atoms with Gasteiger partial charge in [0.05, 0.1) is 6.54 Å². The fourth-order valence-corrected chi connectivity index (χ4v) is 4.88. The summed E-state index contributed by atoms with van der Waals surface area (Å²) in [5.74, 6) is 2.06. The van der Waals surface area contributed by atoms with E-state index in [9.17, 15) is 4.79 Å². The van der Waals surface area contributed by atoms with Crippen molar-refractivity contribution < 1.29 is 19.4 Å². The van der Waals surface area contributed by atoms with Crippen LogP contribution in [0.5, 0.6) is 11.5 Å². The Morgan fingerprint density at radius 1 is 0.718 bits per heavy atom. The van der Waals surface area contributed by atoms with Crippen molar-refractivity contribution in [2.24, 2.45) is 5.92 Å². The zero-order valence-corrected chi connectivity index (χ0v) is 21.9. The highest BCUT2D eigenvalue weighted by molar-refractivity contribution is 5.99. The van der Waals surface area contributed by atoms with Gasteiger partial charge in [-0.25, -0.2) is 4.79 Å². The van der Waals surface area contributed by atoms with Crippen molar-refractivity contribution in [2.75, 3.05) is 13.2 Å². The van der Waals surface area contributed by atoms with E-state index in [0.29, 0.717) is 18.3 Å². The summed E-state index contributed by atoms with van der Waals surface area (Å²) in [6, 6.07) is 37.4. The molecule has 4 aromatic rings. The number of carbonyl (C=O) groups is 1. The van der Waals surface area contributed by atoms with Crippen LogP contribution < -0.4 is 14.8 Å². The standard InChI is InChI=1S/C34H33NO4/c36-34(37)35-22-23-38-30-18-14-28(15-19-30)33(32(27-12-7-13-27)26-10-5-2-6-11-26)29-16-20-31(21-17-29)39-24-25-8-3-1-4-9-25/h1-6,8-11,14-21,27,35H,7,12-13,22-24H2,(H,36,37)/b33-32-. The minimum absolute atomic E-state index is 0.237. The molecule has 5 heteroatoms. The van der Waals surface area contributed by atoms with Crippen LogP contribution in [0.4, 0.5) is 4.79 Å². The first-order valence-electron chi connectivity index (χ1n) is 13.4. The second kappa shape index (κ2) is 12.8. The van der Waals surface area contributed by atoms with Crippen LogP contribution in [0, 0.1) is 5.92 Å². The van der Waals surface area contributed by atoms with Gasteiger partial charge >= 0.3 is 6.09 Å². The second-order valence-electron chi connectivity index (χ2n) is 9.69. The Kier molecular flexibility index (Phi) is 8.59. The second-order valence-corrected chi connectivity index (χ2v) is 9.69. The van der Waals surface area contributed by atoms with E-state index in [4.69, 9.17) is 14.6 Å². The first kappa shape index (κ1) is 26.1. The van der Waals surface area contributed by atoms with Crippen LogP contribution in [0.15, 0.2) is 109 Å². The highest BCUT2D eigenvalue weighted by Gasteiger charge is 2.27. The number of hydrogen-bond acceptors (Lipinski definition) is 3. The van der Waals surface area contributed by atoms with Gasteiger partial charge in [-0.3, -0.25) is 0 Å². The minimum atomic E-state index is -1.05. The number of carboxylic acid groups (broad SMARTS) is 1. The van der Waals surface area contributed by atoms with Crippen LogP contribution in [0.1, 0.15) is 41.5 Å². The van der Waals surface area contributed by atoms with Gasteiger partial charge in [0.1, 0.15) is 24.7 Å². The lowest BCUT2D eigenvalue weighted by Gasteiger charge is -2.31. The molecule has 1 fully saturated rings. The SMILES string of the molecule is O=C(O)NCCOc1ccc(/C(=C(\c2ccccc2)C2CCC2)c2ccc(OCc3ccccc3)cc2)cc1. The quantitative estimate of drug-likeness (QED) is 0.158. The molecule has 0 atom stereocenters. The molecule has 39 heavy (non-hydrogen) atoms. The summed E-state index contributed by atoms with van der Waals surface area (Å²) in [5.41, 5.74) is 7.25. The fraction of sp³-hybridized carbons (Fsp3) is 0.206. The Bertz CT molecular complexity index is 1380. The molecule has 0 bridgehead atoms. The Labute approximate surface area is 229 Å². The monoisotopic (exact) mass is 519 g/mol. The summed E-state index contributed by atoms with van der Waals surface area (Å²) < 4.78 is 11.8. The summed E-state index contributed by atoms with van der Waals surface area (Å²) in [6.45, 7) is 1.04. The molecule has 5 nitrogen and oxygen atoms in total. The normalized spacial score (nSPS) is 13.6. The third-order valence-corrected chi connectivity index (χ3v) is 7.05. The Morgan fingerprint density at radius 2 is 1.28 bits per heavy atom. The molecule has 2 N–H and O–H groups in total. The number of allylic oxidation sites excluding steroid dienone is 1. The van der Waals surface area contributed by atoms with E-state index >= 15 is 0 Å². The van der Waals surface area contributed by atoms with Gasteiger partial charge in [0.15, 0.2) is 0 Å². The topological polar surface area (TPSA) is 67.8 Å². The number of rotatable bonds is 11. The van der Waals surface area contributed by atoms with E-state index in [1.165, 1.54) is 36.0 Å². The van der Waals surface area contributed by atoms with Crippen LogP contribution in [0.25, 0.3) is 11.1 Å². The molecular weight excluding hydrogens is 486 g/mol. The van der Waals surface area contributed by atoms with Crippen LogP contribution in [0.3, 0.4) is 0 Å². The number of hydrogen-bond donors (Lipinski definition) is 2. The number of amides is 1. The maximum atomic E-state index is 10.7. The summed E-state index contributed by atoms with van der Waals surface area (Å²) in [6.07, 6.45) is 2.57. The van der Waals surface area contributed by atoms with Crippen molar-refractivity contribution in [2.45, 2.75) is 25.9 Å². The van der Waals surface area contributed by atoms with E-state index in [-0.39, 0.29) is 13.2 Å². The van der Waals surface area contributed by atoms with Crippen molar-refractivity contribution in [3.8, 4) is 11.5 Å². The van der Waals surface area contributed by atoms with Crippen molar-refractivity contribution in [1.29, 1.82) is 0 Å². The average Bonchev–Trinajstić information content (AvgIpc) is 2.95. The number of benzene rings is 4. The van der Waals surface area contributed by atoms with Gasteiger partial charge in [-0.15, -0.1) is 0 Å². The van der Waals surface area contributed by atoms with Gasteiger partial charge in [0.25, 0.3) is 0 Å². The smallest absolute Gasteiger partial charge is 0.404 e. The van der Waals surface area contributed by atoms with Crippen molar-refractivity contribution in [3.05, 3.63) is 131 Å². The predicted octanol–water partition coefficient (Wildman–Crippen LogP) is 7.67. The molecule has 4 aromatic carbocycles. The van der Waals surface area contributed by atoms with Gasteiger partial charge in [-0.1, -0.05) is 91.3 Å². The molecule has 1 amide bonds. The maximum absolute atomic E-state index is 10.7. The van der Waals surface area contributed by atoms with Gasteiger partial charge in [-0.05, 0) is 76.4 Å². The lowest BCUT2D eigenvalue weighted by molar-refractivity contribution is 0.191. The zero-order valence-electron chi connectivity index (χ0n) is 21.9. The number of nitrogens with one attached hydrogen (secondary N) is 1. The molecular formula is C34H33NO4. The van der Waals surface area contributed by atoms with Gasteiger partial charge in [-0.2, -0.15) is 0 Å². The molecule has 0 unspecified atom stereocenters. The van der Waals surface area contributed by atoms with E-state index in [1.807, 2.05) is 30.3 Å². The zero-order chi connectivity index (χ0) is 26.9. The van der Waals surface area contributed by atoms with Gasteiger partial charge < -0.3 is 19.9 Å². The first-order valence-corrected chi connectivity index (χ1v) is 13.4. The lowest BCUT2D eigenvalue weighted by Crippen LogP contribution is -2.26. The maximum Gasteiger partial charge on any atom is 0.404 e. The molecule has 0 aliphatic heterocycles. The third-order valence-electron chi connectivity index (χ3n) is 7.05. The summed E-state index contributed by atoms with van der Waals surface area (Å²) >= 11 is 0. The Hall–Kier alpha value is -4.51. The van der Waals surface area contributed by atoms with Crippen LogP contribution in [-0.4, -0.2) is 24.4 Å². The molecule has 0 saturated heterocycles. The van der Waals surface area contributed by atoms with Crippen LogP contribution in [-0.2, 0) is 6.61 Å². The van der Waals surface area contributed by atoms with Gasteiger partial charge in [0.2, 0.25) is 0 Å². The van der Waals surface area contributed by atoms with E-state index < -0.39 is 6.09 Å². The van der Waals surface area contributed by atoms with Crippen molar-refractivity contribution >= 4 is 17.2 Å². The minimum Gasteiger partial charge on any atom is -0.492 e. The van der Waals surface area contributed by atoms with Gasteiger partial charge in [0, 0.05) is 0 Å². The van der Waals surface area contributed by atoms with Crippen LogP contribution >= 0.6 is 0 Å². The molecule has 0 spiro atoms. The highest BCUT2D eigenvalue weighted by Crippen LogP contribution is 2.45. The Morgan fingerprint density at radius 3 is 1.82 bits per heavy atom. The molecule has 0 heterocycles. The average molecular weight is 520 g/mol. The summed E-state index contributed by atoms with van der Waals surface area (Å²) in [4.78, 5) is 10.7. The fourth-order valence-electron chi connectivity index (χ4n) is 4.88. The highest BCUT2D eigenvalue weighted by atomic mass is 16.5. The molecule has 198 valence electrons. The molecule has 0 aromatic heterocycles. The van der Waals surface area contributed by atoms with E-state index in [0.717, 1.165) is 22.4 Å². The predicted molar refractivity (Wildman–Crippen MR) is 155 cm³/mol. The summed E-state index contributed by atoms with van der Waals surface area (Å²) in [5, 5.41) is 11.1. The van der Waals surface area contributed by atoms with E-state index in [2.05, 4.69) is 84.2 Å². The van der Waals surface area contributed by atoms with E-state index in [1.54, 1.807) is 0 Å². The summed E-state index contributed by atoms with van der Waals surface area (Å²) in [7, 11) is 0. The molecule has 5 rings (SSSR count). The molecule has 1 saturated carbocycles. The lowest BCUT2D eigenvalue weighted by atomic mass is 9.73. The molecule has 1 aliphatic carbocycles. The first-order chi connectivity index (χ1) is 19.2. The largest absolute Gasteiger partial charge is 0.492 e. The van der Waals surface area contributed by atoms with Crippen LogP contribution in [0.2, 0.25) is 0 Å². The van der Waals surface area contributed by atoms with Crippen molar-refractivity contribution in [3.63, 3.8) is 0 Å². The Balaban J connectivity index is 1.46. The third kappa shape index (κ3) is 6.88. The number of ether oxygens (including phenoxy) is 2. The molecule has 1 aliphatic rings. The van der Waals surface area contributed by atoms with Crippen molar-refractivity contribution in [1.82, 2.24) is 5.32 Å². The molecule has 0 radical (unpaired) electrons.